The summed E-state index contributed by atoms with van der Waals surface area (Å²) in [5.41, 5.74) is 2.34. The zero-order valence-corrected chi connectivity index (χ0v) is 6.06. The first-order valence-corrected chi connectivity index (χ1v) is 3.45. The monoisotopic (exact) mass is 147 g/mol. The van der Waals surface area contributed by atoms with Crippen LogP contribution in [0.5, 0.6) is 0 Å². The van der Waals surface area contributed by atoms with Gasteiger partial charge in [-0.2, -0.15) is 0 Å². The second-order valence-electron chi connectivity index (χ2n) is 2.18. The molecule has 1 aliphatic carbocycles. The summed E-state index contributed by atoms with van der Waals surface area (Å²) in [4.78, 5) is 4.66. The summed E-state index contributed by atoms with van der Waals surface area (Å²) in [5, 5.41) is 0. The SMILES string of the molecule is S=C1C=C2C=CC=C2C=N1. The number of allylic oxidation sites excluding steroid dienone is 5. The number of aliphatic imine (C=N–C) groups is 1. The van der Waals surface area contributed by atoms with E-state index in [2.05, 4.69) is 4.99 Å². The summed E-state index contributed by atoms with van der Waals surface area (Å²) in [7, 11) is 0. The van der Waals surface area contributed by atoms with E-state index in [0.29, 0.717) is 4.99 Å². The van der Waals surface area contributed by atoms with Crippen molar-refractivity contribution in [2.75, 3.05) is 0 Å². The van der Waals surface area contributed by atoms with Crippen molar-refractivity contribution in [3.63, 3.8) is 0 Å². The van der Waals surface area contributed by atoms with Gasteiger partial charge in [-0.25, -0.2) is 4.99 Å². The number of nitrogens with zero attached hydrogens (tertiary/aromatic N) is 1. The zero-order chi connectivity index (χ0) is 6.97. The van der Waals surface area contributed by atoms with Crippen LogP contribution < -0.4 is 0 Å². The lowest BCUT2D eigenvalue weighted by atomic mass is 10.1. The first-order valence-electron chi connectivity index (χ1n) is 3.05. The van der Waals surface area contributed by atoms with Crippen molar-refractivity contribution in [3.8, 4) is 0 Å². The van der Waals surface area contributed by atoms with Crippen molar-refractivity contribution in [1.82, 2.24) is 0 Å². The quantitative estimate of drug-likeness (QED) is 0.476. The van der Waals surface area contributed by atoms with Gasteiger partial charge in [-0.15, -0.1) is 0 Å². The Hall–Kier alpha value is -1.02. The molecule has 0 saturated carbocycles. The first-order chi connectivity index (χ1) is 4.86. The van der Waals surface area contributed by atoms with Gasteiger partial charge in [0.25, 0.3) is 0 Å². The Balaban J connectivity index is 2.51. The molecule has 0 aromatic carbocycles. The Morgan fingerprint density at radius 1 is 1.30 bits per heavy atom. The van der Waals surface area contributed by atoms with Crippen molar-refractivity contribution >= 4 is 23.4 Å². The lowest BCUT2D eigenvalue weighted by molar-refractivity contribution is 1.62. The van der Waals surface area contributed by atoms with E-state index in [1.165, 1.54) is 5.57 Å². The summed E-state index contributed by atoms with van der Waals surface area (Å²) >= 11 is 4.89. The number of dihydropyridines is 1. The van der Waals surface area contributed by atoms with Crippen LogP contribution in [0, 0.1) is 0 Å². The summed E-state index contributed by atoms with van der Waals surface area (Å²) in [6.45, 7) is 0. The minimum absolute atomic E-state index is 0.665. The Morgan fingerprint density at radius 2 is 2.20 bits per heavy atom. The summed E-state index contributed by atoms with van der Waals surface area (Å²) in [5.74, 6) is 0. The predicted octanol–water partition coefficient (Wildman–Crippen LogP) is 1.82. The highest BCUT2D eigenvalue weighted by molar-refractivity contribution is 7.80. The average molecular weight is 147 g/mol. The fourth-order valence-electron chi connectivity index (χ4n) is 1.00. The predicted molar refractivity (Wildman–Crippen MR) is 46.4 cm³/mol. The van der Waals surface area contributed by atoms with Crippen molar-refractivity contribution in [1.29, 1.82) is 0 Å². The highest BCUT2D eigenvalue weighted by Gasteiger charge is 2.08. The van der Waals surface area contributed by atoms with E-state index in [9.17, 15) is 0 Å². The van der Waals surface area contributed by atoms with Gasteiger partial charge >= 0.3 is 0 Å². The second-order valence-corrected chi connectivity index (χ2v) is 2.60. The molecule has 10 heavy (non-hydrogen) atoms. The van der Waals surface area contributed by atoms with Gasteiger partial charge in [0.1, 0.15) is 4.99 Å². The third kappa shape index (κ3) is 0.772. The van der Waals surface area contributed by atoms with Gasteiger partial charge in [0.2, 0.25) is 0 Å². The Kier molecular flexibility index (Phi) is 1.14. The van der Waals surface area contributed by atoms with Gasteiger partial charge in [-0.1, -0.05) is 30.4 Å². The summed E-state index contributed by atoms with van der Waals surface area (Å²) < 4.78 is 0. The molecule has 1 nitrogen and oxygen atoms in total. The maximum atomic E-state index is 4.89. The van der Waals surface area contributed by atoms with Crippen LogP contribution in [0.1, 0.15) is 0 Å². The third-order valence-corrected chi connectivity index (χ3v) is 1.72. The normalized spacial score (nSPS) is 20.6. The highest BCUT2D eigenvalue weighted by atomic mass is 32.1. The molecule has 48 valence electrons. The molecular formula is C8H5NS. The number of rotatable bonds is 0. The molecule has 2 rings (SSSR count). The summed E-state index contributed by atoms with van der Waals surface area (Å²) in [6, 6.07) is 0. The number of hydrogen-bond acceptors (Lipinski definition) is 1. The number of fused-ring (bicyclic) bond motifs is 1. The molecule has 2 aliphatic rings. The van der Waals surface area contributed by atoms with Crippen LogP contribution in [-0.2, 0) is 0 Å². The molecule has 0 saturated heterocycles. The van der Waals surface area contributed by atoms with Crippen molar-refractivity contribution < 1.29 is 0 Å². The molecule has 1 aliphatic heterocycles. The van der Waals surface area contributed by atoms with Crippen LogP contribution >= 0.6 is 12.2 Å². The van der Waals surface area contributed by atoms with Gasteiger partial charge in [0, 0.05) is 11.8 Å². The van der Waals surface area contributed by atoms with Crippen LogP contribution in [0.15, 0.2) is 40.4 Å². The molecule has 0 aromatic heterocycles. The lowest BCUT2D eigenvalue weighted by Gasteiger charge is -2.02. The first kappa shape index (κ1) is 5.74. The molecular weight excluding hydrogens is 142 g/mol. The number of thiocarbonyl (C=S) groups is 1. The molecule has 2 heteroatoms. The molecule has 0 aromatic rings. The fraction of sp³-hybridized carbons (Fsp3) is 0. The highest BCUT2D eigenvalue weighted by Crippen LogP contribution is 2.19. The summed E-state index contributed by atoms with van der Waals surface area (Å²) in [6.07, 6.45) is 9.77. The van der Waals surface area contributed by atoms with Crippen molar-refractivity contribution in [2.45, 2.75) is 0 Å². The molecule has 0 amide bonds. The molecule has 0 radical (unpaired) electrons. The van der Waals surface area contributed by atoms with Gasteiger partial charge in [0.05, 0.1) is 0 Å². The average Bonchev–Trinajstić information content (AvgIpc) is 2.33. The lowest BCUT2D eigenvalue weighted by Crippen LogP contribution is -1.97. The molecule has 0 unspecified atom stereocenters. The van der Waals surface area contributed by atoms with Gasteiger partial charge < -0.3 is 0 Å². The van der Waals surface area contributed by atoms with Crippen molar-refractivity contribution in [2.24, 2.45) is 4.99 Å². The zero-order valence-electron chi connectivity index (χ0n) is 5.24. The van der Waals surface area contributed by atoms with E-state index in [4.69, 9.17) is 12.2 Å². The molecule has 0 bridgehead atoms. The fourth-order valence-corrected chi connectivity index (χ4v) is 1.18. The van der Waals surface area contributed by atoms with Crippen molar-refractivity contribution in [3.05, 3.63) is 35.5 Å². The van der Waals surface area contributed by atoms with Crippen LogP contribution in [0.4, 0.5) is 0 Å². The minimum atomic E-state index is 0.665. The van der Waals surface area contributed by atoms with E-state index in [-0.39, 0.29) is 0 Å². The van der Waals surface area contributed by atoms with Crippen LogP contribution in [0.2, 0.25) is 0 Å². The van der Waals surface area contributed by atoms with Crippen LogP contribution in [-0.4, -0.2) is 11.2 Å². The van der Waals surface area contributed by atoms with Crippen LogP contribution in [0.3, 0.4) is 0 Å². The largest absolute Gasteiger partial charge is 0.245 e. The minimum Gasteiger partial charge on any atom is -0.245 e. The van der Waals surface area contributed by atoms with Gasteiger partial charge in [-0.3, -0.25) is 0 Å². The molecule has 0 spiro atoms. The van der Waals surface area contributed by atoms with E-state index < -0.39 is 0 Å². The molecule has 0 atom stereocenters. The van der Waals surface area contributed by atoms with Crippen LogP contribution in [0.25, 0.3) is 0 Å². The topological polar surface area (TPSA) is 12.4 Å². The maximum Gasteiger partial charge on any atom is 0.126 e. The van der Waals surface area contributed by atoms with E-state index in [0.717, 1.165) is 5.57 Å². The van der Waals surface area contributed by atoms with Gasteiger partial charge in [-0.05, 0) is 11.6 Å². The third-order valence-electron chi connectivity index (χ3n) is 1.49. The number of hydrogen-bond donors (Lipinski definition) is 0. The maximum absolute atomic E-state index is 4.89. The van der Waals surface area contributed by atoms with E-state index >= 15 is 0 Å². The van der Waals surface area contributed by atoms with Gasteiger partial charge in [0.15, 0.2) is 0 Å². The standard InChI is InChI=1S/C8H5NS/c10-8-4-6-2-1-3-7(6)5-9-8/h1-5H. The Labute approximate surface area is 64.5 Å². The Morgan fingerprint density at radius 3 is 3.10 bits per heavy atom. The smallest absolute Gasteiger partial charge is 0.126 e. The molecule has 0 fully saturated rings. The Bertz CT molecular complexity index is 305. The molecule has 1 heterocycles. The van der Waals surface area contributed by atoms with E-state index in [1.807, 2.05) is 24.3 Å². The molecule has 0 N–H and O–H groups in total. The second kappa shape index (κ2) is 1.99. The van der Waals surface area contributed by atoms with E-state index in [1.54, 1.807) is 6.21 Å².